The predicted octanol–water partition coefficient (Wildman–Crippen LogP) is 5.04. The first kappa shape index (κ1) is 22.0. The number of rotatable bonds is 5. The third kappa shape index (κ3) is 4.62. The van der Waals surface area contributed by atoms with Crippen LogP contribution in [0.25, 0.3) is 11.0 Å². The van der Waals surface area contributed by atoms with Crippen molar-refractivity contribution in [3.8, 4) is 0 Å². The van der Waals surface area contributed by atoms with Gasteiger partial charge in [0.15, 0.2) is 0 Å². The zero-order valence-electron chi connectivity index (χ0n) is 19.4. The van der Waals surface area contributed by atoms with Gasteiger partial charge in [-0.2, -0.15) is 0 Å². The Labute approximate surface area is 195 Å². The van der Waals surface area contributed by atoms with Gasteiger partial charge in [0, 0.05) is 24.8 Å². The highest BCUT2D eigenvalue weighted by atomic mass is 16.2. The normalized spacial score (nSPS) is 19.5. The van der Waals surface area contributed by atoms with E-state index in [0.717, 1.165) is 42.7 Å². The molecule has 0 bridgehead atoms. The summed E-state index contributed by atoms with van der Waals surface area (Å²) in [5, 5.41) is 3.10. The zero-order valence-corrected chi connectivity index (χ0v) is 19.4. The first-order chi connectivity index (χ1) is 16.1. The highest BCUT2D eigenvalue weighted by Gasteiger charge is 2.29. The van der Waals surface area contributed by atoms with E-state index >= 15 is 0 Å². The number of benzene rings is 2. The van der Waals surface area contributed by atoms with E-state index in [1.165, 1.54) is 37.7 Å². The van der Waals surface area contributed by atoms with E-state index in [1.54, 1.807) is 0 Å². The molecule has 1 amide bonds. The lowest BCUT2D eigenvalue weighted by atomic mass is 9.84. The van der Waals surface area contributed by atoms with Gasteiger partial charge in [-0.3, -0.25) is 14.3 Å². The summed E-state index contributed by atoms with van der Waals surface area (Å²) in [6, 6.07) is 16.3. The van der Waals surface area contributed by atoms with Crippen LogP contribution in [0.15, 0.2) is 53.3 Å². The van der Waals surface area contributed by atoms with Gasteiger partial charge >= 0.3 is 5.69 Å². The third-order valence-electron chi connectivity index (χ3n) is 7.67. The van der Waals surface area contributed by atoms with Crippen molar-refractivity contribution in [3.63, 3.8) is 0 Å². The summed E-state index contributed by atoms with van der Waals surface area (Å²) < 4.78 is 1.89. The summed E-state index contributed by atoms with van der Waals surface area (Å²) >= 11 is 0. The molecule has 0 spiro atoms. The topological polar surface area (TPSA) is 70.1 Å². The van der Waals surface area contributed by atoms with Crippen LogP contribution in [0.3, 0.4) is 0 Å². The second kappa shape index (κ2) is 9.56. The van der Waals surface area contributed by atoms with Crippen molar-refractivity contribution in [2.75, 3.05) is 18.4 Å². The van der Waals surface area contributed by atoms with E-state index in [4.69, 9.17) is 0 Å². The van der Waals surface area contributed by atoms with Crippen LogP contribution in [-0.4, -0.2) is 39.5 Å². The number of anilines is 1. The molecule has 1 unspecified atom stereocenters. The van der Waals surface area contributed by atoms with Crippen LogP contribution in [0, 0.1) is 0 Å². The lowest BCUT2D eigenvalue weighted by molar-refractivity contribution is -0.121. The number of hydrogen-bond acceptors (Lipinski definition) is 3. The maximum absolute atomic E-state index is 12.9. The fraction of sp³-hybridized carbons (Fsp3) is 0.481. The minimum Gasteiger partial charge on any atom is -0.325 e. The van der Waals surface area contributed by atoms with Gasteiger partial charge in [-0.25, -0.2) is 4.79 Å². The van der Waals surface area contributed by atoms with Crippen molar-refractivity contribution in [1.82, 2.24) is 14.5 Å². The number of para-hydroxylation sites is 2. The molecule has 3 aromatic rings. The molecule has 2 aromatic carbocycles. The Hall–Kier alpha value is -2.86. The van der Waals surface area contributed by atoms with Gasteiger partial charge < -0.3 is 10.3 Å². The second-order valence-electron chi connectivity index (χ2n) is 9.71. The second-order valence-corrected chi connectivity index (χ2v) is 9.71. The maximum atomic E-state index is 12.9. The van der Waals surface area contributed by atoms with Crippen LogP contribution < -0.4 is 11.0 Å². The molecule has 2 heterocycles. The smallest absolute Gasteiger partial charge is 0.325 e. The Morgan fingerprint density at radius 1 is 0.970 bits per heavy atom. The molecule has 1 aliphatic carbocycles. The van der Waals surface area contributed by atoms with Crippen molar-refractivity contribution in [3.05, 3.63) is 64.6 Å². The molecule has 5 rings (SSSR count). The van der Waals surface area contributed by atoms with E-state index in [0.29, 0.717) is 5.92 Å². The van der Waals surface area contributed by atoms with Crippen LogP contribution in [0.1, 0.15) is 69.4 Å². The molecule has 2 N–H and O–H groups in total. The fourth-order valence-corrected chi connectivity index (χ4v) is 5.66. The number of nitrogens with one attached hydrogen (secondary N) is 2. The number of imidazole rings is 1. The van der Waals surface area contributed by atoms with Crippen LogP contribution in [0.5, 0.6) is 0 Å². The molecular formula is C27H34N4O2. The summed E-state index contributed by atoms with van der Waals surface area (Å²) in [5.41, 5.74) is 4.06. The van der Waals surface area contributed by atoms with Crippen molar-refractivity contribution in [2.45, 2.75) is 69.9 Å². The average Bonchev–Trinajstić information content (AvgIpc) is 3.20. The van der Waals surface area contributed by atoms with Crippen LogP contribution in [0.4, 0.5) is 5.69 Å². The molecule has 1 aliphatic heterocycles. The molecule has 1 atom stereocenters. The minimum atomic E-state index is -0.205. The van der Waals surface area contributed by atoms with Gasteiger partial charge in [0.2, 0.25) is 5.91 Å². The van der Waals surface area contributed by atoms with Gasteiger partial charge in [-0.1, -0.05) is 43.5 Å². The molecular weight excluding hydrogens is 412 g/mol. The van der Waals surface area contributed by atoms with Gasteiger partial charge in [0.1, 0.15) is 0 Å². The summed E-state index contributed by atoms with van der Waals surface area (Å²) in [6.07, 6.45) is 8.29. The number of carbonyl (C=O) groups excluding carboxylic acids is 1. The molecule has 2 aliphatic rings. The Bertz CT molecular complexity index is 1150. The number of nitrogens with zero attached hydrogens (tertiary/aromatic N) is 2. The first-order valence-corrected chi connectivity index (χ1v) is 12.4. The molecule has 2 fully saturated rings. The lowest BCUT2D eigenvalue weighted by Gasteiger charge is -2.35. The molecule has 1 aromatic heterocycles. The highest BCUT2D eigenvalue weighted by Crippen LogP contribution is 2.33. The predicted molar refractivity (Wildman–Crippen MR) is 133 cm³/mol. The number of fused-ring (bicyclic) bond motifs is 1. The summed E-state index contributed by atoms with van der Waals surface area (Å²) in [6.45, 7) is 3.57. The van der Waals surface area contributed by atoms with Gasteiger partial charge in [-0.15, -0.1) is 0 Å². The standard InChI is InChI=1S/C27H34N4O2/c1-19(26(32)28-22-13-11-21(12-14-22)20-7-3-2-4-8-20)30-17-15-23(16-18-30)31-25-10-6-5-9-24(25)29-27(31)33/h5-6,9-14,19-20,23H,2-4,7-8,15-18H2,1H3,(H,28,32)(H,29,33). The number of amides is 1. The van der Waals surface area contributed by atoms with Crippen LogP contribution >= 0.6 is 0 Å². The van der Waals surface area contributed by atoms with E-state index in [-0.39, 0.29) is 23.7 Å². The number of piperidine rings is 1. The zero-order chi connectivity index (χ0) is 22.8. The van der Waals surface area contributed by atoms with Gasteiger partial charge in [0.25, 0.3) is 0 Å². The average molecular weight is 447 g/mol. The van der Waals surface area contributed by atoms with Crippen molar-refractivity contribution in [2.24, 2.45) is 0 Å². The first-order valence-electron chi connectivity index (χ1n) is 12.4. The van der Waals surface area contributed by atoms with E-state index in [1.807, 2.05) is 47.9 Å². The molecule has 0 radical (unpaired) electrons. The number of carbonyl (C=O) groups is 1. The van der Waals surface area contributed by atoms with Crippen molar-refractivity contribution < 1.29 is 4.79 Å². The maximum Gasteiger partial charge on any atom is 0.326 e. The highest BCUT2D eigenvalue weighted by molar-refractivity contribution is 5.94. The molecule has 6 heteroatoms. The summed E-state index contributed by atoms with van der Waals surface area (Å²) in [5.74, 6) is 0.705. The molecule has 33 heavy (non-hydrogen) atoms. The lowest BCUT2D eigenvalue weighted by Crippen LogP contribution is -2.46. The Balaban J connectivity index is 1.17. The van der Waals surface area contributed by atoms with Gasteiger partial charge in [-0.05, 0) is 68.4 Å². The molecule has 6 nitrogen and oxygen atoms in total. The van der Waals surface area contributed by atoms with Crippen molar-refractivity contribution >= 4 is 22.6 Å². The largest absolute Gasteiger partial charge is 0.326 e. The number of H-pyrrole nitrogens is 1. The monoisotopic (exact) mass is 446 g/mol. The number of likely N-dealkylation sites (tertiary alicyclic amines) is 1. The summed E-state index contributed by atoms with van der Waals surface area (Å²) in [7, 11) is 0. The summed E-state index contributed by atoms with van der Waals surface area (Å²) in [4.78, 5) is 30.6. The molecule has 1 saturated carbocycles. The van der Waals surface area contributed by atoms with E-state index in [2.05, 4.69) is 27.3 Å². The van der Waals surface area contributed by atoms with Gasteiger partial charge in [0.05, 0.1) is 17.1 Å². The fourth-order valence-electron chi connectivity index (χ4n) is 5.66. The number of hydrogen-bond donors (Lipinski definition) is 2. The SMILES string of the molecule is CC(C(=O)Nc1ccc(C2CCCCC2)cc1)N1CCC(n2c(=O)[nH]c3ccccc32)CC1. The number of aromatic amines is 1. The molecule has 1 saturated heterocycles. The molecule has 174 valence electrons. The van der Waals surface area contributed by atoms with E-state index < -0.39 is 0 Å². The Morgan fingerprint density at radius 3 is 2.39 bits per heavy atom. The number of aromatic nitrogens is 2. The quantitative estimate of drug-likeness (QED) is 0.577. The third-order valence-corrected chi connectivity index (χ3v) is 7.67. The Morgan fingerprint density at radius 2 is 1.67 bits per heavy atom. The van der Waals surface area contributed by atoms with Crippen molar-refractivity contribution in [1.29, 1.82) is 0 Å². The minimum absolute atomic E-state index is 0.0307. The van der Waals surface area contributed by atoms with Crippen LogP contribution in [-0.2, 0) is 4.79 Å². The Kier molecular flexibility index (Phi) is 6.36. The van der Waals surface area contributed by atoms with E-state index in [9.17, 15) is 9.59 Å². The van der Waals surface area contributed by atoms with Crippen LogP contribution in [0.2, 0.25) is 0 Å².